The molecule has 0 aliphatic carbocycles. The van der Waals surface area contributed by atoms with Crippen LogP contribution in [0.3, 0.4) is 0 Å². The zero-order valence-corrected chi connectivity index (χ0v) is 16.7. The molecule has 4 heterocycles. The van der Waals surface area contributed by atoms with Gasteiger partial charge in [-0.15, -0.1) is 10.2 Å². The number of fused-ring (bicyclic) bond motifs is 2. The molecule has 148 valence electrons. The average molecular weight is 390 g/mol. The van der Waals surface area contributed by atoms with Crippen molar-refractivity contribution in [1.82, 2.24) is 39.2 Å². The van der Waals surface area contributed by atoms with Crippen molar-refractivity contribution in [3.63, 3.8) is 0 Å². The maximum Gasteiger partial charge on any atom is 0.275 e. The van der Waals surface area contributed by atoms with Crippen molar-refractivity contribution in [1.29, 1.82) is 0 Å². The molecule has 5 rings (SSSR count). The number of benzene rings is 1. The highest BCUT2D eigenvalue weighted by atomic mass is 16.2. The van der Waals surface area contributed by atoms with Gasteiger partial charge in [-0.1, -0.05) is 18.2 Å². The van der Waals surface area contributed by atoms with Gasteiger partial charge in [0, 0.05) is 50.2 Å². The number of nitrogens with zero attached hydrogens (tertiary/aromatic N) is 8. The number of hydrogen-bond acceptors (Lipinski definition) is 5. The second-order valence-corrected chi connectivity index (χ2v) is 7.30. The first-order valence-corrected chi connectivity index (χ1v) is 9.72. The van der Waals surface area contributed by atoms with Gasteiger partial charge in [-0.3, -0.25) is 14.2 Å². The number of para-hydroxylation sites is 1. The molecule has 0 N–H and O–H groups in total. The molecule has 0 radical (unpaired) electrons. The van der Waals surface area contributed by atoms with Crippen LogP contribution in [0.4, 0.5) is 0 Å². The molecular formula is C20H22N8O. The van der Waals surface area contributed by atoms with Crippen LogP contribution in [0.1, 0.15) is 28.7 Å². The van der Waals surface area contributed by atoms with Crippen molar-refractivity contribution >= 4 is 16.8 Å². The highest BCUT2D eigenvalue weighted by Crippen LogP contribution is 2.30. The number of amides is 1. The summed E-state index contributed by atoms with van der Waals surface area (Å²) in [6.45, 7) is 3.93. The van der Waals surface area contributed by atoms with Crippen LogP contribution in [0.5, 0.6) is 0 Å². The summed E-state index contributed by atoms with van der Waals surface area (Å²) in [5.74, 6) is 0.682. The Kier molecular flexibility index (Phi) is 3.97. The summed E-state index contributed by atoms with van der Waals surface area (Å²) in [4.78, 5) is 15.2. The van der Waals surface area contributed by atoms with Gasteiger partial charge in [0.25, 0.3) is 5.91 Å². The Bertz CT molecular complexity index is 1230. The first kappa shape index (κ1) is 17.6. The highest BCUT2D eigenvalue weighted by molar-refractivity contribution is 6.04. The molecule has 0 spiro atoms. The number of rotatable bonds is 3. The Morgan fingerprint density at radius 2 is 1.97 bits per heavy atom. The Morgan fingerprint density at radius 3 is 2.79 bits per heavy atom. The molecule has 0 saturated carbocycles. The molecule has 1 amide bonds. The van der Waals surface area contributed by atoms with Crippen molar-refractivity contribution in [2.24, 2.45) is 14.1 Å². The van der Waals surface area contributed by atoms with E-state index in [4.69, 9.17) is 5.10 Å². The van der Waals surface area contributed by atoms with Gasteiger partial charge in [0.2, 0.25) is 0 Å². The number of hydrogen-bond donors (Lipinski definition) is 0. The van der Waals surface area contributed by atoms with E-state index in [-0.39, 0.29) is 5.91 Å². The molecule has 1 aliphatic rings. The van der Waals surface area contributed by atoms with Crippen LogP contribution in [0.2, 0.25) is 0 Å². The topological polar surface area (TPSA) is 86.7 Å². The predicted molar refractivity (Wildman–Crippen MR) is 107 cm³/mol. The minimum atomic E-state index is -0.0563. The lowest BCUT2D eigenvalue weighted by Crippen LogP contribution is -2.36. The number of aromatic nitrogens is 7. The molecule has 9 heteroatoms. The number of carbonyl (C=O) groups is 1. The molecular weight excluding hydrogens is 368 g/mol. The fraction of sp³-hybridized carbons (Fsp3) is 0.350. The van der Waals surface area contributed by atoms with E-state index in [1.54, 1.807) is 11.0 Å². The summed E-state index contributed by atoms with van der Waals surface area (Å²) < 4.78 is 5.63. The van der Waals surface area contributed by atoms with E-state index in [0.29, 0.717) is 18.8 Å². The predicted octanol–water partition coefficient (Wildman–Crippen LogP) is 1.78. The molecule has 3 aromatic heterocycles. The molecule has 0 bridgehead atoms. The third kappa shape index (κ3) is 2.65. The molecule has 4 aromatic rings. The van der Waals surface area contributed by atoms with Crippen LogP contribution in [0.25, 0.3) is 22.4 Å². The molecule has 29 heavy (non-hydrogen) atoms. The average Bonchev–Trinajstić information content (AvgIpc) is 3.43. The molecule has 0 unspecified atom stereocenters. The van der Waals surface area contributed by atoms with E-state index in [2.05, 4.69) is 15.3 Å². The van der Waals surface area contributed by atoms with Crippen molar-refractivity contribution in [3.8, 4) is 11.5 Å². The second kappa shape index (κ2) is 6.54. The summed E-state index contributed by atoms with van der Waals surface area (Å²) in [5.41, 5.74) is 4.42. The van der Waals surface area contributed by atoms with E-state index in [1.165, 1.54) is 0 Å². The Balaban J connectivity index is 1.53. The number of carbonyl (C=O) groups excluding carboxylic acids is 1. The lowest BCUT2D eigenvalue weighted by atomic mass is 10.0. The summed E-state index contributed by atoms with van der Waals surface area (Å²) in [7, 11) is 3.81. The van der Waals surface area contributed by atoms with Crippen LogP contribution >= 0.6 is 0 Å². The fourth-order valence-corrected chi connectivity index (χ4v) is 4.14. The van der Waals surface area contributed by atoms with Crippen LogP contribution in [0, 0.1) is 0 Å². The summed E-state index contributed by atoms with van der Waals surface area (Å²) in [6, 6.07) is 7.82. The Hall–Kier alpha value is -3.49. The van der Waals surface area contributed by atoms with Gasteiger partial charge in [-0.25, -0.2) is 0 Å². The largest absolute Gasteiger partial charge is 0.332 e. The standard InChI is InChI=1S/C20H22N8O/c1-4-27-12-21-22-19(27)17-14-11-28(10-9-16(14)26(3)23-17)20(29)18-13-7-5-6-8-15(13)25(2)24-18/h5-8,12H,4,9-11H2,1-3H3. The molecule has 1 aliphatic heterocycles. The van der Waals surface area contributed by atoms with E-state index >= 15 is 0 Å². The lowest BCUT2D eigenvalue weighted by molar-refractivity contribution is 0.0729. The smallest absolute Gasteiger partial charge is 0.275 e. The third-order valence-corrected chi connectivity index (χ3v) is 5.66. The van der Waals surface area contributed by atoms with Gasteiger partial charge in [0.1, 0.15) is 12.0 Å². The number of aryl methyl sites for hydroxylation is 3. The van der Waals surface area contributed by atoms with Crippen molar-refractivity contribution in [2.45, 2.75) is 26.4 Å². The highest BCUT2D eigenvalue weighted by Gasteiger charge is 2.31. The molecule has 0 fully saturated rings. The van der Waals surface area contributed by atoms with Gasteiger partial charge in [-0.05, 0) is 13.0 Å². The maximum atomic E-state index is 13.4. The van der Waals surface area contributed by atoms with Gasteiger partial charge in [-0.2, -0.15) is 10.2 Å². The van der Waals surface area contributed by atoms with Crippen LogP contribution < -0.4 is 0 Å². The summed E-state index contributed by atoms with van der Waals surface area (Å²) in [5, 5.41) is 18.4. The molecule has 0 saturated heterocycles. The minimum Gasteiger partial charge on any atom is -0.332 e. The van der Waals surface area contributed by atoms with Crippen molar-refractivity contribution in [3.05, 3.63) is 47.5 Å². The van der Waals surface area contributed by atoms with E-state index in [0.717, 1.165) is 46.6 Å². The minimum absolute atomic E-state index is 0.0563. The summed E-state index contributed by atoms with van der Waals surface area (Å²) in [6.07, 6.45) is 2.46. The zero-order valence-electron chi connectivity index (χ0n) is 16.7. The van der Waals surface area contributed by atoms with Crippen molar-refractivity contribution in [2.75, 3.05) is 6.54 Å². The summed E-state index contributed by atoms with van der Waals surface area (Å²) >= 11 is 0. The van der Waals surface area contributed by atoms with Crippen LogP contribution in [-0.2, 0) is 33.6 Å². The quantitative estimate of drug-likeness (QED) is 0.532. The first-order chi connectivity index (χ1) is 14.1. The van der Waals surface area contributed by atoms with Crippen LogP contribution in [-0.4, -0.2) is 51.7 Å². The van der Waals surface area contributed by atoms with Gasteiger partial charge in [0.05, 0.1) is 12.1 Å². The lowest BCUT2D eigenvalue weighted by Gasteiger charge is -2.27. The third-order valence-electron chi connectivity index (χ3n) is 5.66. The van der Waals surface area contributed by atoms with Crippen molar-refractivity contribution < 1.29 is 4.79 Å². The normalized spacial score (nSPS) is 13.8. The van der Waals surface area contributed by atoms with Gasteiger partial charge < -0.3 is 9.47 Å². The fourth-order valence-electron chi connectivity index (χ4n) is 4.14. The van der Waals surface area contributed by atoms with Gasteiger partial charge >= 0.3 is 0 Å². The van der Waals surface area contributed by atoms with Crippen LogP contribution in [0.15, 0.2) is 30.6 Å². The monoisotopic (exact) mass is 390 g/mol. The van der Waals surface area contributed by atoms with E-state index in [1.807, 2.05) is 59.4 Å². The molecule has 9 nitrogen and oxygen atoms in total. The Morgan fingerprint density at radius 1 is 1.14 bits per heavy atom. The molecule has 0 atom stereocenters. The Labute approximate surface area is 167 Å². The molecule has 1 aromatic carbocycles. The SMILES string of the molecule is CCn1cnnc1-c1nn(C)c2c1CN(C(=O)c1nn(C)c3ccccc13)CC2. The maximum absolute atomic E-state index is 13.4. The zero-order chi connectivity index (χ0) is 20.1. The van der Waals surface area contributed by atoms with Gasteiger partial charge in [0.15, 0.2) is 11.5 Å². The first-order valence-electron chi connectivity index (χ1n) is 9.72. The second-order valence-electron chi connectivity index (χ2n) is 7.30. The van der Waals surface area contributed by atoms with E-state index < -0.39 is 0 Å². The van der Waals surface area contributed by atoms with E-state index in [9.17, 15) is 4.79 Å².